The summed E-state index contributed by atoms with van der Waals surface area (Å²) < 4.78 is 7.08. The maximum Gasteiger partial charge on any atom is 0.354 e. The Morgan fingerprint density at radius 1 is 1.06 bits per heavy atom. The fraction of sp³-hybridized carbons (Fsp3) is 0.167. The number of aryl methyl sites for hydroxylation is 1. The normalized spacial score (nSPS) is 13.9. The lowest BCUT2D eigenvalue weighted by Crippen LogP contribution is -2.24. The lowest BCUT2D eigenvalue weighted by Gasteiger charge is -2.20. The average Bonchev–Trinajstić information content (AvgIpc) is 2.93. The minimum absolute atomic E-state index is 0.0115. The molecule has 1 aliphatic rings. The maximum absolute atomic E-state index is 13.5. The molecule has 7 heteroatoms. The summed E-state index contributed by atoms with van der Waals surface area (Å²) in [6.45, 7) is 5.92. The standard InChI is InChI=1S/C24H18ClNO4S/c1-12-4-7-14(8-5-12)31-21-20(27)19-17(30-23(21)29)11-18-24(2,3)15-10-13(25)6-9-16(15)26(18)22(19)28/h4-11,27H,1-3H3. The molecule has 156 valence electrons. The zero-order valence-electron chi connectivity index (χ0n) is 17.0. The lowest BCUT2D eigenvalue weighted by molar-refractivity contribution is 0.445. The monoisotopic (exact) mass is 451 g/mol. The number of hydrogen-bond acceptors (Lipinski definition) is 5. The van der Waals surface area contributed by atoms with E-state index in [2.05, 4.69) is 0 Å². The van der Waals surface area contributed by atoms with Crippen LogP contribution in [0.2, 0.25) is 5.02 Å². The van der Waals surface area contributed by atoms with Gasteiger partial charge in [0.1, 0.15) is 15.9 Å². The fourth-order valence-corrected chi connectivity index (χ4v) is 5.10. The highest BCUT2D eigenvalue weighted by molar-refractivity contribution is 7.99. The van der Waals surface area contributed by atoms with Crippen molar-refractivity contribution in [3.8, 4) is 11.4 Å². The van der Waals surface area contributed by atoms with Crippen molar-refractivity contribution in [2.45, 2.75) is 36.0 Å². The van der Waals surface area contributed by atoms with Gasteiger partial charge in [-0.1, -0.05) is 54.9 Å². The Morgan fingerprint density at radius 3 is 2.48 bits per heavy atom. The molecule has 0 unspecified atom stereocenters. The smallest absolute Gasteiger partial charge is 0.354 e. The number of benzene rings is 2. The molecule has 0 saturated carbocycles. The molecule has 1 aliphatic heterocycles. The van der Waals surface area contributed by atoms with Crippen LogP contribution in [-0.2, 0) is 5.41 Å². The number of fused-ring (bicyclic) bond motifs is 4. The van der Waals surface area contributed by atoms with Crippen molar-refractivity contribution in [3.05, 3.63) is 91.1 Å². The third kappa shape index (κ3) is 2.93. The predicted octanol–water partition coefficient (Wildman–Crippen LogP) is 5.40. The van der Waals surface area contributed by atoms with Crippen LogP contribution in [-0.4, -0.2) is 9.67 Å². The molecule has 0 bridgehead atoms. The number of rotatable bonds is 2. The summed E-state index contributed by atoms with van der Waals surface area (Å²) >= 11 is 7.27. The summed E-state index contributed by atoms with van der Waals surface area (Å²) in [5.74, 6) is -0.364. The van der Waals surface area contributed by atoms with Crippen LogP contribution < -0.4 is 11.2 Å². The number of halogens is 1. The molecule has 0 atom stereocenters. The van der Waals surface area contributed by atoms with Gasteiger partial charge in [-0.3, -0.25) is 9.36 Å². The molecule has 2 aromatic heterocycles. The first-order chi connectivity index (χ1) is 14.7. The van der Waals surface area contributed by atoms with Gasteiger partial charge in [0.05, 0.1) is 5.69 Å². The van der Waals surface area contributed by atoms with Gasteiger partial charge < -0.3 is 9.52 Å². The topological polar surface area (TPSA) is 72.4 Å². The number of pyridine rings is 1. The van der Waals surface area contributed by atoms with Crippen molar-refractivity contribution in [2.24, 2.45) is 0 Å². The highest BCUT2D eigenvalue weighted by atomic mass is 35.5. The fourth-order valence-electron chi connectivity index (χ4n) is 4.10. The molecule has 0 spiro atoms. The summed E-state index contributed by atoms with van der Waals surface area (Å²) in [5, 5.41) is 11.5. The largest absolute Gasteiger partial charge is 0.505 e. The van der Waals surface area contributed by atoms with Crippen molar-refractivity contribution in [2.75, 3.05) is 0 Å². The molecular weight excluding hydrogens is 434 g/mol. The van der Waals surface area contributed by atoms with E-state index < -0.39 is 16.6 Å². The van der Waals surface area contributed by atoms with Gasteiger partial charge in [0.15, 0.2) is 5.75 Å². The van der Waals surface area contributed by atoms with Crippen LogP contribution in [0.15, 0.2) is 72.3 Å². The van der Waals surface area contributed by atoms with Crippen molar-refractivity contribution in [1.82, 2.24) is 4.57 Å². The minimum Gasteiger partial charge on any atom is -0.505 e. The van der Waals surface area contributed by atoms with Crippen LogP contribution >= 0.6 is 23.4 Å². The van der Waals surface area contributed by atoms with Crippen molar-refractivity contribution >= 4 is 34.3 Å². The Labute approximate surface area is 186 Å². The maximum atomic E-state index is 13.5. The van der Waals surface area contributed by atoms with Crippen LogP contribution in [0.3, 0.4) is 0 Å². The number of aromatic hydroxyl groups is 1. The van der Waals surface area contributed by atoms with Crippen LogP contribution in [0.5, 0.6) is 5.75 Å². The first-order valence-corrected chi connectivity index (χ1v) is 10.9. The van der Waals surface area contributed by atoms with E-state index in [1.807, 2.05) is 51.1 Å². The van der Waals surface area contributed by atoms with Gasteiger partial charge in [-0.05, 0) is 42.8 Å². The molecule has 4 aromatic rings. The molecule has 0 saturated heterocycles. The van der Waals surface area contributed by atoms with E-state index in [1.54, 1.807) is 22.8 Å². The zero-order valence-corrected chi connectivity index (χ0v) is 18.6. The first-order valence-electron chi connectivity index (χ1n) is 9.69. The second kappa shape index (κ2) is 6.77. The van der Waals surface area contributed by atoms with E-state index in [0.717, 1.165) is 27.8 Å². The molecule has 3 heterocycles. The third-order valence-electron chi connectivity index (χ3n) is 5.77. The molecule has 0 radical (unpaired) electrons. The SMILES string of the molecule is Cc1ccc(Sc2c(O)c3c(=O)n4c(cc3oc2=O)C(C)(C)c2cc(Cl)ccc2-4)cc1. The third-order valence-corrected chi connectivity index (χ3v) is 7.07. The molecule has 31 heavy (non-hydrogen) atoms. The van der Waals surface area contributed by atoms with E-state index >= 15 is 0 Å². The van der Waals surface area contributed by atoms with Gasteiger partial charge in [0.25, 0.3) is 5.56 Å². The Hall–Kier alpha value is -2.96. The number of nitrogens with zero attached hydrogens (tertiary/aromatic N) is 1. The summed E-state index contributed by atoms with van der Waals surface area (Å²) in [7, 11) is 0. The van der Waals surface area contributed by atoms with Crippen LogP contribution in [0.4, 0.5) is 0 Å². The molecule has 0 amide bonds. The van der Waals surface area contributed by atoms with E-state index in [9.17, 15) is 14.7 Å². The van der Waals surface area contributed by atoms with Crippen molar-refractivity contribution in [3.63, 3.8) is 0 Å². The van der Waals surface area contributed by atoms with Gasteiger partial charge in [-0.2, -0.15) is 0 Å². The Kier molecular flexibility index (Phi) is 4.36. The Bertz CT molecular complexity index is 1500. The average molecular weight is 452 g/mol. The second-order valence-electron chi connectivity index (χ2n) is 8.18. The van der Waals surface area contributed by atoms with Gasteiger partial charge in [0, 0.05) is 27.1 Å². The number of aromatic nitrogens is 1. The lowest BCUT2D eigenvalue weighted by atomic mass is 9.83. The molecule has 0 aliphatic carbocycles. The Balaban J connectivity index is 1.79. The van der Waals surface area contributed by atoms with Gasteiger partial charge in [-0.25, -0.2) is 4.79 Å². The summed E-state index contributed by atoms with van der Waals surface area (Å²) in [5.41, 5.74) is 1.76. The van der Waals surface area contributed by atoms with Crippen LogP contribution in [0.25, 0.3) is 16.7 Å². The van der Waals surface area contributed by atoms with Gasteiger partial charge in [-0.15, -0.1) is 0 Å². The van der Waals surface area contributed by atoms with Crippen LogP contribution in [0, 0.1) is 6.92 Å². The van der Waals surface area contributed by atoms with Gasteiger partial charge in [0.2, 0.25) is 0 Å². The molecular formula is C24H18ClNO4S. The summed E-state index contributed by atoms with van der Waals surface area (Å²) in [4.78, 5) is 27.0. The van der Waals surface area contributed by atoms with Crippen molar-refractivity contribution in [1.29, 1.82) is 0 Å². The summed E-state index contributed by atoms with van der Waals surface area (Å²) in [6.07, 6.45) is 0. The second-order valence-corrected chi connectivity index (χ2v) is 9.70. The molecule has 1 N–H and O–H groups in total. The highest BCUT2D eigenvalue weighted by Crippen LogP contribution is 2.44. The van der Waals surface area contributed by atoms with Crippen molar-refractivity contribution < 1.29 is 9.52 Å². The van der Waals surface area contributed by atoms with Gasteiger partial charge >= 0.3 is 5.63 Å². The zero-order chi connectivity index (χ0) is 22.1. The number of hydrogen-bond donors (Lipinski definition) is 1. The first kappa shape index (κ1) is 20.0. The quantitative estimate of drug-likeness (QED) is 0.441. The predicted molar refractivity (Wildman–Crippen MR) is 122 cm³/mol. The van der Waals surface area contributed by atoms with Crippen LogP contribution in [0.1, 0.15) is 30.7 Å². The summed E-state index contributed by atoms with van der Waals surface area (Å²) in [6, 6.07) is 14.5. The van der Waals surface area contributed by atoms with E-state index in [4.69, 9.17) is 16.0 Å². The van der Waals surface area contributed by atoms with E-state index in [-0.39, 0.29) is 21.6 Å². The van der Waals surface area contributed by atoms with E-state index in [0.29, 0.717) is 16.4 Å². The van der Waals surface area contributed by atoms with E-state index in [1.165, 1.54) is 0 Å². The Morgan fingerprint density at radius 2 is 1.77 bits per heavy atom. The minimum atomic E-state index is -0.684. The molecule has 5 rings (SSSR count). The highest BCUT2D eigenvalue weighted by Gasteiger charge is 2.38. The molecule has 5 nitrogen and oxygen atoms in total. The molecule has 2 aromatic carbocycles. The molecule has 0 fully saturated rings.